The second kappa shape index (κ2) is 5.30. The number of hydrogen-bond acceptors (Lipinski definition) is 4. The van der Waals surface area contributed by atoms with Crippen LogP contribution in [0.3, 0.4) is 0 Å². The number of benzene rings is 1. The Hall–Kier alpha value is -2.40. The van der Waals surface area contributed by atoms with Crippen molar-refractivity contribution in [2.45, 2.75) is 13.3 Å². The highest BCUT2D eigenvalue weighted by Crippen LogP contribution is 2.23. The summed E-state index contributed by atoms with van der Waals surface area (Å²) in [6.45, 7) is 2.66. The first-order valence-electron chi connectivity index (χ1n) is 6.53. The van der Waals surface area contributed by atoms with E-state index in [1.807, 2.05) is 43.3 Å². The molecule has 0 spiro atoms. The summed E-state index contributed by atoms with van der Waals surface area (Å²) in [4.78, 5) is 4.18. The van der Waals surface area contributed by atoms with E-state index >= 15 is 0 Å². The highest BCUT2D eigenvalue weighted by atomic mass is 16.5. The average molecular weight is 268 g/mol. The molecule has 102 valence electrons. The molecule has 0 saturated heterocycles. The van der Waals surface area contributed by atoms with Gasteiger partial charge in [0.25, 0.3) is 0 Å². The summed E-state index contributed by atoms with van der Waals surface area (Å²) in [6, 6.07) is 11.8. The molecule has 5 nitrogen and oxygen atoms in total. The van der Waals surface area contributed by atoms with Crippen molar-refractivity contribution in [3.63, 3.8) is 0 Å². The molecular formula is C15H16N4O. The Morgan fingerprint density at radius 3 is 2.75 bits per heavy atom. The molecule has 20 heavy (non-hydrogen) atoms. The Morgan fingerprint density at radius 2 is 2.00 bits per heavy atom. The standard InChI is InChI=1S/C15H16N4O/c1-11-8-14-17-10-18-19(14)15(9-11)20-13-4-2-12(3-5-13)6-7-16/h2-5,8-10H,6-7,16H2,1H3. The molecule has 5 heteroatoms. The molecular weight excluding hydrogens is 252 g/mol. The van der Waals surface area contributed by atoms with Crippen molar-refractivity contribution in [3.05, 3.63) is 53.9 Å². The molecule has 0 saturated carbocycles. The average Bonchev–Trinajstić information content (AvgIpc) is 2.89. The van der Waals surface area contributed by atoms with Gasteiger partial charge < -0.3 is 10.5 Å². The van der Waals surface area contributed by atoms with Crippen LogP contribution < -0.4 is 10.5 Å². The zero-order chi connectivity index (χ0) is 13.9. The molecule has 0 aliphatic heterocycles. The number of nitrogens with two attached hydrogens (primary N) is 1. The molecule has 1 aromatic carbocycles. The van der Waals surface area contributed by atoms with Crippen LogP contribution >= 0.6 is 0 Å². The van der Waals surface area contributed by atoms with E-state index in [-0.39, 0.29) is 0 Å². The molecule has 0 atom stereocenters. The number of ether oxygens (including phenoxy) is 1. The van der Waals surface area contributed by atoms with Crippen molar-refractivity contribution >= 4 is 5.65 Å². The summed E-state index contributed by atoms with van der Waals surface area (Å²) in [7, 11) is 0. The number of fused-ring (bicyclic) bond motifs is 1. The molecule has 0 aliphatic carbocycles. The van der Waals surface area contributed by atoms with Crippen molar-refractivity contribution in [1.29, 1.82) is 0 Å². The van der Waals surface area contributed by atoms with Crippen molar-refractivity contribution in [2.24, 2.45) is 5.73 Å². The Morgan fingerprint density at radius 1 is 1.20 bits per heavy atom. The van der Waals surface area contributed by atoms with Crippen LogP contribution in [0.2, 0.25) is 0 Å². The van der Waals surface area contributed by atoms with Crippen molar-refractivity contribution in [1.82, 2.24) is 14.6 Å². The predicted molar refractivity (Wildman–Crippen MR) is 77.0 cm³/mol. The minimum atomic E-state index is 0.650. The lowest BCUT2D eigenvalue weighted by Crippen LogP contribution is -2.02. The summed E-state index contributed by atoms with van der Waals surface area (Å²) in [5.74, 6) is 1.43. The lowest BCUT2D eigenvalue weighted by Gasteiger charge is -2.08. The third-order valence-electron chi connectivity index (χ3n) is 3.07. The molecule has 0 amide bonds. The first kappa shape index (κ1) is 12.6. The fraction of sp³-hybridized carbons (Fsp3) is 0.200. The number of aryl methyl sites for hydroxylation is 1. The quantitative estimate of drug-likeness (QED) is 0.788. The number of pyridine rings is 1. The highest BCUT2D eigenvalue weighted by molar-refractivity contribution is 5.44. The van der Waals surface area contributed by atoms with Gasteiger partial charge in [-0.25, -0.2) is 4.98 Å². The maximum absolute atomic E-state index is 5.89. The molecule has 0 fully saturated rings. The third-order valence-corrected chi connectivity index (χ3v) is 3.07. The first-order valence-corrected chi connectivity index (χ1v) is 6.53. The summed E-state index contributed by atoms with van der Waals surface area (Å²) in [5, 5.41) is 4.17. The summed E-state index contributed by atoms with van der Waals surface area (Å²) < 4.78 is 7.57. The van der Waals surface area contributed by atoms with E-state index in [0.717, 1.165) is 23.4 Å². The molecule has 2 heterocycles. The van der Waals surface area contributed by atoms with Gasteiger partial charge >= 0.3 is 0 Å². The van der Waals surface area contributed by atoms with Gasteiger partial charge in [-0.05, 0) is 49.2 Å². The van der Waals surface area contributed by atoms with Gasteiger partial charge in [0.2, 0.25) is 5.88 Å². The van der Waals surface area contributed by atoms with Crippen molar-refractivity contribution in [2.75, 3.05) is 6.54 Å². The van der Waals surface area contributed by atoms with E-state index in [0.29, 0.717) is 12.4 Å². The molecule has 2 aromatic heterocycles. The first-order chi connectivity index (χ1) is 9.76. The topological polar surface area (TPSA) is 65.4 Å². The zero-order valence-corrected chi connectivity index (χ0v) is 11.3. The van der Waals surface area contributed by atoms with Gasteiger partial charge in [-0.15, -0.1) is 0 Å². The van der Waals surface area contributed by atoms with Gasteiger partial charge in [0.1, 0.15) is 12.1 Å². The van der Waals surface area contributed by atoms with E-state index in [1.54, 1.807) is 4.52 Å². The van der Waals surface area contributed by atoms with E-state index < -0.39 is 0 Å². The maximum Gasteiger partial charge on any atom is 0.222 e. The fourth-order valence-corrected chi connectivity index (χ4v) is 2.10. The lowest BCUT2D eigenvalue weighted by molar-refractivity contribution is 0.447. The van der Waals surface area contributed by atoms with Crippen LogP contribution in [0.15, 0.2) is 42.7 Å². The number of aromatic nitrogens is 3. The summed E-state index contributed by atoms with van der Waals surface area (Å²) in [6.07, 6.45) is 2.39. The number of rotatable bonds is 4. The summed E-state index contributed by atoms with van der Waals surface area (Å²) in [5.41, 5.74) is 8.60. The Labute approximate surface area is 117 Å². The minimum Gasteiger partial charge on any atom is -0.439 e. The largest absolute Gasteiger partial charge is 0.439 e. The number of hydrogen-bond donors (Lipinski definition) is 1. The zero-order valence-electron chi connectivity index (χ0n) is 11.3. The van der Waals surface area contributed by atoms with Crippen LogP contribution in [0.25, 0.3) is 5.65 Å². The monoisotopic (exact) mass is 268 g/mol. The molecule has 0 unspecified atom stereocenters. The van der Waals surface area contributed by atoms with E-state index in [9.17, 15) is 0 Å². The van der Waals surface area contributed by atoms with Crippen molar-refractivity contribution < 1.29 is 4.74 Å². The second-order valence-corrected chi connectivity index (χ2v) is 4.69. The smallest absolute Gasteiger partial charge is 0.222 e. The molecule has 0 aliphatic rings. The van der Waals surface area contributed by atoms with Gasteiger partial charge in [0, 0.05) is 6.07 Å². The summed E-state index contributed by atoms with van der Waals surface area (Å²) >= 11 is 0. The minimum absolute atomic E-state index is 0.650. The van der Waals surface area contributed by atoms with E-state index in [2.05, 4.69) is 10.1 Å². The van der Waals surface area contributed by atoms with E-state index in [1.165, 1.54) is 11.9 Å². The molecule has 2 N–H and O–H groups in total. The maximum atomic E-state index is 5.89. The predicted octanol–water partition coefficient (Wildman–Crippen LogP) is 2.33. The molecule has 0 bridgehead atoms. The normalized spacial score (nSPS) is 10.9. The number of nitrogens with zero attached hydrogens (tertiary/aromatic N) is 3. The molecule has 3 aromatic rings. The van der Waals surface area contributed by atoms with Crippen LogP contribution in [0, 0.1) is 6.92 Å². The van der Waals surface area contributed by atoms with Crippen LogP contribution in [0.5, 0.6) is 11.6 Å². The van der Waals surface area contributed by atoms with Gasteiger partial charge in [-0.3, -0.25) is 0 Å². The van der Waals surface area contributed by atoms with Gasteiger partial charge in [-0.1, -0.05) is 12.1 Å². The van der Waals surface area contributed by atoms with E-state index in [4.69, 9.17) is 10.5 Å². The Kier molecular flexibility index (Phi) is 3.35. The van der Waals surface area contributed by atoms with Crippen LogP contribution in [-0.4, -0.2) is 21.1 Å². The highest BCUT2D eigenvalue weighted by Gasteiger charge is 2.06. The van der Waals surface area contributed by atoms with Crippen LogP contribution in [-0.2, 0) is 6.42 Å². The second-order valence-electron chi connectivity index (χ2n) is 4.69. The molecule has 0 radical (unpaired) electrons. The molecule has 3 rings (SSSR count). The Balaban J connectivity index is 1.90. The van der Waals surface area contributed by atoms with Crippen LogP contribution in [0.4, 0.5) is 0 Å². The fourth-order valence-electron chi connectivity index (χ4n) is 2.10. The van der Waals surface area contributed by atoms with Crippen molar-refractivity contribution in [3.8, 4) is 11.6 Å². The third kappa shape index (κ3) is 2.48. The van der Waals surface area contributed by atoms with Gasteiger partial charge in [-0.2, -0.15) is 9.61 Å². The lowest BCUT2D eigenvalue weighted by atomic mass is 10.1. The SMILES string of the molecule is Cc1cc(Oc2ccc(CCN)cc2)n2ncnc2c1. The Bertz CT molecular complexity index is 718. The van der Waals surface area contributed by atoms with Gasteiger partial charge in [0.15, 0.2) is 5.65 Å². The van der Waals surface area contributed by atoms with Gasteiger partial charge in [0.05, 0.1) is 0 Å². The van der Waals surface area contributed by atoms with Crippen LogP contribution in [0.1, 0.15) is 11.1 Å².